The van der Waals surface area contributed by atoms with Crippen molar-refractivity contribution < 1.29 is 9.47 Å². The fourth-order valence-corrected chi connectivity index (χ4v) is 2.39. The lowest BCUT2D eigenvalue weighted by molar-refractivity contribution is 0.333. The number of nitrogens with one attached hydrogen (secondary N) is 1. The Hall–Kier alpha value is -2.00. The highest BCUT2D eigenvalue weighted by Gasteiger charge is 2.19. The van der Waals surface area contributed by atoms with E-state index in [2.05, 4.69) is 17.4 Å². The Bertz CT molecular complexity index is 554. The molecule has 0 amide bonds. The third-order valence-electron chi connectivity index (χ3n) is 3.27. The second-order valence-corrected chi connectivity index (χ2v) is 4.43. The van der Waals surface area contributed by atoms with Gasteiger partial charge in [0.15, 0.2) is 0 Å². The summed E-state index contributed by atoms with van der Waals surface area (Å²) in [6.07, 6.45) is 0. The van der Waals surface area contributed by atoms with Gasteiger partial charge in [0.25, 0.3) is 0 Å². The Balaban J connectivity index is 2.47. The zero-order chi connectivity index (χ0) is 14.4. The van der Waals surface area contributed by atoms with Crippen molar-refractivity contribution in [1.82, 2.24) is 5.32 Å². The molecule has 0 saturated heterocycles. The van der Waals surface area contributed by atoms with Gasteiger partial charge in [0, 0.05) is 11.1 Å². The summed E-state index contributed by atoms with van der Waals surface area (Å²) in [4.78, 5) is 0. The Labute approximate surface area is 120 Å². The van der Waals surface area contributed by atoms with Crippen LogP contribution in [0.3, 0.4) is 0 Å². The molecule has 3 nitrogen and oxygen atoms in total. The van der Waals surface area contributed by atoms with Gasteiger partial charge in [-0.05, 0) is 26.1 Å². The SMILES string of the molecule is CCOc1ccccc1C(NC)c1ccccc1OC. The number of rotatable bonds is 6. The molecule has 3 heteroatoms. The predicted octanol–water partition coefficient (Wildman–Crippen LogP) is 3.40. The summed E-state index contributed by atoms with van der Waals surface area (Å²) in [6.45, 7) is 2.65. The van der Waals surface area contributed by atoms with E-state index in [0.717, 1.165) is 22.6 Å². The van der Waals surface area contributed by atoms with Crippen LogP contribution >= 0.6 is 0 Å². The van der Waals surface area contributed by atoms with Gasteiger partial charge in [0.05, 0.1) is 19.8 Å². The minimum absolute atomic E-state index is 0.0360. The summed E-state index contributed by atoms with van der Waals surface area (Å²) in [7, 11) is 3.64. The minimum atomic E-state index is 0.0360. The first-order valence-electron chi connectivity index (χ1n) is 6.83. The molecule has 20 heavy (non-hydrogen) atoms. The summed E-state index contributed by atoms with van der Waals surface area (Å²) in [5.74, 6) is 1.78. The molecule has 0 fully saturated rings. The molecule has 0 aliphatic heterocycles. The van der Waals surface area contributed by atoms with Crippen LogP contribution < -0.4 is 14.8 Å². The summed E-state index contributed by atoms with van der Waals surface area (Å²) in [5, 5.41) is 3.35. The first-order chi connectivity index (χ1) is 9.81. The lowest BCUT2D eigenvalue weighted by Crippen LogP contribution is -2.19. The zero-order valence-electron chi connectivity index (χ0n) is 12.2. The molecule has 2 rings (SSSR count). The van der Waals surface area contributed by atoms with E-state index in [0.29, 0.717) is 6.61 Å². The van der Waals surface area contributed by atoms with E-state index in [4.69, 9.17) is 9.47 Å². The average Bonchev–Trinajstić information content (AvgIpc) is 2.50. The van der Waals surface area contributed by atoms with E-state index in [1.165, 1.54) is 0 Å². The summed E-state index contributed by atoms with van der Waals surface area (Å²) >= 11 is 0. The first-order valence-corrected chi connectivity index (χ1v) is 6.83. The monoisotopic (exact) mass is 271 g/mol. The fourth-order valence-electron chi connectivity index (χ4n) is 2.39. The van der Waals surface area contributed by atoms with Crippen LogP contribution in [0.15, 0.2) is 48.5 Å². The van der Waals surface area contributed by atoms with E-state index in [-0.39, 0.29) is 6.04 Å². The van der Waals surface area contributed by atoms with Gasteiger partial charge in [-0.3, -0.25) is 0 Å². The zero-order valence-corrected chi connectivity index (χ0v) is 12.2. The van der Waals surface area contributed by atoms with Crippen molar-refractivity contribution in [1.29, 1.82) is 0 Å². The van der Waals surface area contributed by atoms with Crippen LogP contribution in [0.5, 0.6) is 11.5 Å². The van der Waals surface area contributed by atoms with Crippen molar-refractivity contribution >= 4 is 0 Å². The molecule has 0 aromatic heterocycles. The maximum atomic E-state index is 5.73. The van der Waals surface area contributed by atoms with Crippen LogP contribution in [0.2, 0.25) is 0 Å². The molecule has 0 bridgehead atoms. The number of para-hydroxylation sites is 2. The van der Waals surface area contributed by atoms with E-state index < -0.39 is 0 Å². The fraction of sp³-hybridized carbons (Fsp3) is 0.294. The maximum absolute atomic E-state index is 5.73. The second kappa shape index (κ2) is 6.96. The molecule has 2 aromatic carbocycles. The van der Waals surface area contributed by atoms with E-state index in [9.17, 15) is 0 Å². The van der Waals surface area contributed by atoms with Crippen molar-refractivity contribution in [3.8, 4) is 11.5 Å². The smallest absolute Gasteiger partial charge is 0.124 e. The van der Waals surface area contributed by atoms with Crippen LogP contribution in [-0.2, 0) is 0 Å². The average molecular weight is 271 g/mol. The molecule has 0 aliphatic carbocycles. The molecule has 0 spiro atoms. The number of ether oxygens (including phenoxy) is 2. The molecule has 0 radical (unpaired) electrons. The van der Waals surface area contributed by atoms with E-state index >= 15 is 0 Å². The molecule has 106 valence electrons. The standard InChI is InChI=1S/C17H21NO2/c1-4-20-16-12-8-6-10-14(16)17(18-2)13-9-5-7-11-15(13)19-3/h5-12,17-18H,4H2,1-3H3. The third-order valence-corrected chi connectivity index (χ3v) is 3.27. The van der Waals surface area contributed by atoms with Gasteiger partial charge in [-0.25, -0.2) is 0 Å². The van der Waals surface area contributed by atoms with Gasteiger partial charge >= 0.3 is 0 Å². The molecule has 0 heterocycles. The number of hydrogen-bond donors (Lipinski definition) is 1. The minimum Gasteiger partial charge on any atom is -0.496 e. The topological polar surface area (TPSA) is 30.5 Å². The van der Waals surface area contributed by atoms with E-state index in [1.54, 1.807) is 7.11 Å². The Morgan fingerprint density at radius 3 is 2.05 bits per heavy atom. The second-order valence-electron chi connectivity index (χ2n) is 4.43. The highest BCUT2D eigenvalue weighted by Crippen LogP contribution is 2.34. The van der Waals surface area contributed by atoms with Crippen molar-refractivity contribution in [3.63, 3.8) is 0 Å². The van der Waals surface area contributed by atoms with Gasteiger partial charge in [-0.1, -0.05) is 36.4 Å². The number of benzene rings is 2. The van der Waals surface area contributed by atoms with Gasteiger partial charge in [0.1, 0.15) is 11.5 Å². The van der Waals surface area contributed by atoms with Crippen molar-refractivity contribution in [2.75, 3.05) is 20.8 Å². The van der Waals surface area contributed by atoms with Gasteiger partial charge < -0.3 is 14.8 Å². The first kappa shape index (κ1) is 14.4. The summed E-state index contributed by atoms with van der Waals surface area (Å²) < 4.78 is 11.2. The molecule has 1 N–H and O–H groups in total. The maximum Gasteiger partial charge on any atom is 0.124 e. The van der Waals surface area contributed by atoms with Crippen LogP contribution in [0.25, 0.3) is 0 Å². The van der Waals surface area contributed by atoms with Crippen LogP contribution in [0, 0.1) is 0 Å². The van der Waals surface area contributed by atoms with E-state index in [1.807, 2.05) is 50.4 Å². The van der Waals surface area contributed by atoms with Gasteiger partial charge in [-0.15, -0.1) is 0 Å². The number of hydrogen-bond acceptors (Lipinski definition) is 3. The largest absolute Gasteiger partial charge is 0.496 e. The Morgan fingerprint density at radius 1 is 0.950 bits per heavy atom. The normalized spacial score (nSPS) is 11.9. The van der Waals surface area contributed by atoms with Gasteiger partial charge in [0.2, 0.25) is 0 Å². The van der Waals surface area contributed by atoms with Crippen LogP contribution in [0.1, 0.15) is 24.1 Å². The Morgan fingerprint density at radius 2 is 1.50 bits per heavy atom. The van der Waals surface area contributed by atoms with Crippen molar-refractivity contribution in [3.05, 3.63) is 59.7 Å². The molecule has 0 aliphatic rings. The van der Waals surface area contributed by atoms with Crippen LogP contribution in [0.4, 0.5) is 0 Å². The molecule has 1 atom stereocenters. The van der Waals surface area contributed by atoms with Crippen molar-refractivity contribution in [2.24, 2.45) is 0 Å². The molecule has 2 aromatic rings. The lowest BCUT2D eigenvalue weighted by Gasteiger charge is -2.22. The highest BCUT2D eigenvalue weighted by atomic mass is 16.5. The summed E-state index contributed by atoms with van der Waals surface area (Å²) in [5.41, 5.74) is 2.21. The molecule has 0 saturated carbocycles. The highest BCUT2D eigenvalue weighted by molar-refractivity contribution is 5.46. The molecular weight excluding hydrogens is 250 g/mol. The predicted molar refractivity (Wildman–Crippen MR) is 81.5 cm³/mol. The van der Waals surface area contributed by atoms with Crippen LogP contribution in [-0.4, -0.2) is 20.8 Å². The molecular formula is C17H21NO2. The number of methoxy groups -OCH3 is 1. The van der Waals surface area contributed by atoms with Gasteiger partial charge in [-0.2, -0.15) is 0 Å². The quantitative estimate of drug-likeness (QED) is 0.873. The summed E-state index contributed by atoms with van der Waals surface area (Å²) in [6, 6.07) is 16.2. The Kier molecular flexibility index (Phi) is 5.02. The lowest BCUT2D eigenvalue weighted by atomic mass is 9.97. The molecule has 1 unspecified atom stereocenters. The third kappa shape index (κ3) is 2.94. The van der Waals surface area contributed by atoms with Crippen molar-refractivity contribution in [2.45, 2.75) is 13.0 Å².